The topological polar surface area (TPSA) is 94.2 Å². The summed E-state index contributed by atoms with van der Waals surface area (Å²) < 4.78 is 0. The normalized spacial score (nSPS) is 14.7. The molecule has 0 unspecified atom stereocenters. The van der Waals surface area contributed by atoms with Crippen molar-refractivity contribution in [3.8, 4) is 0 Å². The number of hydrogen-bond acceptors (Lipinski definition) is 3. The highest BCUT2D eigenvalue weighted by Gasteiger charge is 2.25. The molecule has 25 heavy (non-hydrogen) atoms. The van der Waals surface area contributed by atoms with Crippen molar-refractivity contribution in [2.75, 3.05) is 6.54 Å². The molecule has 136 valence electrons. The molecule has 1 aromatic heterocycles. The molecule has 0 radical (unpaired) electrons. The van der Waals surface area contributed by atoms with Crippen LogP contribution >= 0.6 is 0 Å². The second-order valence-electron chi connectivity index (χ2n) is 6.78. The number of fused-ring (bicyclic) bond motifs is 1. The molecule has 0 saturated heterocycles. The van der Waals surface area contributed by atoms with Gasteiger partial charge in [0.15, 0.2) is 0 Å². The first-order chi connectivity index (χ1) is 11.8. The van der Waals surface area contributed by atoms with Gasteiger partial charge in [0.1, 0.15) is 6.04 Å². The van der Waals surface area contributed by atoms with Crippen LogP contribution in [0.4, 0.5) is 0 Å². The van der Waals surface area contributed by atoms with Gasteiger partial charge in [-0.05, 0) is 25.0 Å². The molecular formula is C19H27N3O3. The van der Waals surface area contributed by atoms with E-state index in [1.54, 1.807) is 6.92 Å². The third-order valence-electron chi connectivity index (χ3n) is 4.22. The number of aromatic nitrogens is 1. The van der Waals surface area contributed by atoms with Gasteiger partial charge in [0, 0.05) is 37.0 Å². The molecule has 0 bridgehead atoms. The molecule has 0 aliphatic heterocycles. The maximum atomic E-state index is 12.5. The number of carbonyl (C=O) groups excluding carboxylic acids is 2. The summed E-state index contributed by atoms with van der Waals surface area (Å²) in [5, 5.41) is 16.7. The van der Waals surface area contributed by atoms with Crippen molar-refractivity contribution >= 4 is 22.7 Å². The van der Waals surface area contributed by atoms with Crippen LogP contribution in [0.5, 0.6) is 0 Å². The van der Waals surface area contributed by atoms with Crippen molar-refractivity contribution in [3.05, 3.63) is 36.0 Å². The Bertz CT molecular complexity index is 736. The molecule has 0 aliphatic carbocycles. The molecule has 2 rings (SSSR count). The molecular weight excluding hydrogens is 318 g/mol. The van der Waals surface area contributed by atoms with Gasteiger partial charge < -0.3 is 20.7 Å². The minimum Gasteiger partial charge on any atom is -0.388 e. The van der Waals surface area contributed by atoms with Gasteiger partial charge in [-0.25, -0.2) is 0 Å². The van der Waals surface area contributed by atoms with Gasteiger partial charge in [0.25, 0.3) is 0 Å². The number of para-hydroxylation sites is 1. The van der Waals surface area contributed by atoms with Crippen molar-refractivity contribution in [2.45, 2.75) is 51.7 Å². The third-order valence-corrected chi connectivity index (χ3v) is 4.22. The van der Waals surface area contributed by atoms with Crippen molar-refractivity contribution in [2.24, 2.45) is 0 Å². The predicted octanol–water partition coefficient (Wildman–Crippen LogP) is 1.88. The molecule has 2 amide bonds. The molecule has 0 aliphatic rings. The van der Waals surface area contributed by atoms with Crippen molar-refractivity contribution in [3.63, 3.8) is 0 Å². The molecule has 1 heterocycles. The van der Waals surface area contributed by atoms with Gasteiger partial charge in [-0.2, -0.15) is 0 Å². The van der Waals surface area contributed by atoms with E-state index in [1.165, 1.54) is 6.92 Å². The van der Waals surface area contributed by atoms with Crippen LogP contribution in [-0.2, 0) is 16.0 Å². The second-order valence-corrected chi connectivity index (χ2v) is 6.78. The SMILES string of the molecule is CCC[C@](C)(O)CNC(=O)[C@@H](Cc1c[nH]c2ccccc12)NC(C)=O. The summed E-state index contributed by atoms with van der Waals surface area (Å²) in [7, 11) is 0. The summed E-state index contributed by atoms with van der Waals surface area (Å²) in [6, 6.07) is 7.14. The summed E-state index contributed by atoms with van der Waals surface area (Å²) >= 11 is 0. The molecule has 0 saturated carbocycles. The number of nitrogens with one attached hydrogen (secondary N) is 3. The van der Waals surface area contributed by atoms with Crippen LogP contribution in [0, 0.1) is 0 Å². The Labute approximate surface area is 148 Å². The number of aromatic amines is 1. The first-order valence-electron chi connectivity index (χ1n) is 8.64. The van der Waals surface area contributed by atoms with E-state index in [0.29, 0.717) is 12.8 Å². The third kappa shape index (κ3) is 5.32. The Kier molecular flexibility index (Phi) is 6.20. The molecule has 4 N–H and O–H groups in total. The molecule has 1 aromatic carbocycles. The maximum Gasteiger partial charge on any atom is 0.243 e. The minimum absolute atomic E-state index is 0.156. The zero-order valence-electron chi connectivity index (χ0n) is 15.1. The van der Waals surface area contributed by atoms with E-state index in [9.17, 15) is 14.7 Å². The smallest absolute Gasteiger partial charge is 0.243 e. The van der Waals surface area contributed by atoms with Crippen LogP contribution in [0.1, 0.15) is 39.2 Å². The van der Waals surface area contributed by atoms with Crippen LogP contribution in [0.15, 0.2) is 30.5 Å². The van der Waals surface area contributed by atoms with Crippen molar-refractivity contribution in [1.29, 1.82) is 0 Å². The van der Waals surface area contributed by atoms with Gasteiger partial charge in [-0.1, -0.05) is 31.5 Å². The molecule has 0 fully saturated rings. The maximum absolute atomic E-state index is 12.5. The Hall–Kier alpha value is -2.34. The number of benzene rings is 1. The molecule has 2 aromatic rings. The minimum atomic E-state index is -0.952. The zero-order chi connectivity index (χ0) is 18.4. The van der Waals surface area contributed by atoms with Gasteiger partial charge in [-0.3, -0.25) is 9.59 Å². The highest BCUT2D eigenvalue weighted by Crippen LogP contribution is 2.19. The summed E-state index contributed by atoms with van der Waals surface area (Å²) in [4.78, 5) is 27.2. The predicted molar refractivity (Wildman–Crippen MR) is 98.1 cm³/mol. The van der Waals surface area contributed by atoms with Crippen LogP contribution in [0.3, 0.4) is 0 Å². The Morgan fingerprint density at radius 2 is 2.04 bits per heavy atom. The summed E-state index contributed by atoms with van der Waals surface area (Å²) in [6.07, 6.45) is 3.67. The molecule has 2 atom stereocenters. The number of H-pyrrole nitrogens is 1. The van der Waals surface area contributed by atoms with E-state index in [-0.39, 0.29) is 18.4 Å². The van der Waals surface area contributed by atoms with E-state index in [2.05, 4.69) is 15.6 Å². The van der Waals surface area contributed by atoms with E-state index < -0.39 is 11.6 Å². The number of hydrogen-bond donors (Lipinski definition) is 4. The first kappa shape index (κ1) is 19.0. The fourth-order valence-electron chi connectivity index (χ4n) is 3.00. The van der Waals surface area contributed by atoms with Gasteiger partial charge >= 0.3 is 0 Å². The largest absolute Gasteiger partial charge is 0.388 e. The molecule has 6 heteroatoms. The number of rotatable bonds is 8. The van der Waals surface area contributed by atoms with Gasteiger partial charge in [-0.15, -0.1) is 0 Å². The average molecular weight is 345 g/mol. The first-order valence-corrected chi connectivity index (χ1v) is 8.64. The Balaban J connectivity index is 2.10. The van der Waals surface area contributed by atoms with Crippen LogP contribution in [0.2, 0.25) is 0 Å². The van der Waals surface area contributed by atoms with Gasteiger partial charge in [0.05, 0.1) is 5.60 Å². The Morgan fingerprint density at radius 3 is 2.72 bits per heavy atom. The van der Waals surface area contributed by atoms with Gasteiger partial charge in [0.2, 0.25) is 11.8 Å². The quantitative estimate of drug-likeness (QED) is 0.588. The molecule has 6 nitrogen and oxygen atoms in total. The lowest BCUT2D eigenvalue weighted by Gasteiger charge is -2.25. The van der Waals surface area contributed by atoms with Crippen LogP contribution in [0.25, 0.3) is 10.9 Å². The highest BCUT2D eigenvalue weighted by atomic mass is 16.3. The van der Waals surface area contributed by atoms with E-state index in [1.807, 2.05) is 37.4 Å². The standard InChI is InChI=1S/C19H27N3O3/c1-4-9-19(3,25)12-21-18(24)17(22-13(2)23)10-14-11-20-16-8-6-5-7-15(14)16/h5-8,11,17,20,25H,4,9-10,12H2,1-3H3,(H,21,24)(H,22,23)/t17-,19+/m1/s1. The van der Waals surface area contributed by atoms with Crippen LogP contribution in [-0.4, -0.2) is 40.1 Å². The van der Waals surface area contributed by atoms with E-state index in [4.69, 9.17) is 0 Å². The lowest BCUT2D eigenvalue weighted by atomic mass is 10.00. The fraction of sp³-hybridized carbons (Fsp3) is 0.474. The summed E-state index contributed by atoms with van der Waals surface area (Å²) in [5.74, 6) is -0.558. The summed E-state index contributed by atoms with van der Waals surface area (Å²) in [6.45, 7) is 5.23. The Morgan fingerprint density at radius 1 is 1.32 bits per heavy atom. The highest BCUT2D eigenvalue weighted by molar-refractivity contribution is 5.89. The monoisotopic (exact) mass is 345 g/mol. The van der Waals surface area contributed by atoms with E-state index >= 15 is 0 Å². The van der Waals surface area contributed by atoms with E-state index in [0.717, 1.165) is 22.9 Å². The number of amides is 2. The lowest BCUT2D eigenvalue weighted by molar-refractivity contribution is -0.128. The number of carbonyl (C=O) groups is 2. The number of aliphatic hydroxyl groups is 1. The lowest BCUT2D eigenvalue weighted by Crippen LogP contribution is -2.50. The van der Waals surface area contributed by atoms with Crippen molar-refractivity contribution < 1.29 is 14.7 Å². The molecule has 0 spiro atoms. The fourth-order valence-corrected chi connectivity index (χ4v) is 3.00. The summed E-state index contributed by atoms with van der Waals surface area (Å²) in [5.41, 5.74) is 1.00. The average Bonchev–Trinajstić information content (AvgIpc) is 2.95. The zero-order valence-corrected chi connectivity index (χ0v) is 15.1. The van der Waals surface area contributed by atoms with Crippen molar-refractivity contribution in [1.82, 2.24) is 15.6 Å². The van der Waals surface area contributed by atoms with Crippen LogP contribution < -0.4 is 10.6 Å². The second kappa shape index (κ2) is 8.16.